The SMILES string of the molecule is [B]c1csc([C@@]2(C)CCCC(=N)N(C)C(=O)C2c2ccc(-n3ccnc3)cc2)c1. The summed E-state index contributed by atoms with van der Waals surface area (Å²) in [4.78, 5) is 20.3. The summed E-state index contributed by atoms with van der Waals surface area (Å²) in [5, 5.41) is 10.2. The maximum Gasteiger partial charge on any atom is 0.236 e. The molecule has 0 spiro atoms. The van der Waals surface area contributed by atoms with Crippen LogP contribution in [0.2, 0.25) is 0 Å². The van der Waals surface area contributed by atoms with Gasteiger partial charge in [-0.1, -0.05) is 30.6 Å². The van der Waals surface area contributed by atoms with Crippen LogP contribution in [0.15, 0.2) is 54.4 Å². The number of rotatable bonds is 3. The van der Waals surface area contributed by atoms with Crippen LogP contribution in [0.1, 0.15) is 42.5 Å². The van der Waals surface area contributed by atoms with E-state index in [1.54, 1.807) is 30.9 Å². The number of likely N-dealkylation sites (N-methyl/N-ethyl adjacent to an activating group) is 1. The van der Waals surface area contributed by atoms with Crippen LogP contribution in [0.25, 0.3) is 5.69 Å². The monoisotopic (exact) mass is 402 g/mol. The first-order chi connectivity index (χ1) is 13.9. The summed E-state index contributed by atoms with van der Waals surface area (Å²) < 4.78 is 1.94. The van der Waals surface area contributed by atoms with E-state index in [2.05, 4.69) is 11.9 Å². The Morgan fingerprint density at radius 3 is 2.69 bits per heavy atom. The Morgan fingerprint density at radius 1 is 1.31 bits per heavy atom. The highest BCUT2D eigenvalue weighted by molar-refractivity contribution is 7.11. The summed E-state index contributed by atoms with van der Waals surface area (Å²) >= 11 is 1.61. The Morgan fingerprint density at radius 2 is 2.07 bits per heavy atom. The van der Waals surface area contributed by atoms with E-state index in [0.29, 0.717) is 12.3 Å². The van der Waals surface area contributed by atoms with Crippen LogP contribution in [0.3, 0.4) is 0 Å². The molecule has 1 aliphatic heterocycles. The Hall–Kier alpha value is -2.67. The fourth-order valence-corrected chi connectivity index (χ4v) is 5.24. The van der Waals surface area contributed by atoms with Gasteiger partial charge in [0.25, 0.3) is 0 Å². The lowest BCUT2D eigenvalue weighted by Gasteiger charge is -2.40. The summed E-state index contributed by atoms with van der Waals surface area (Å²) in [5.74, 6) is -0.0506. The Labute approximate surface area is 176 Å². The second-order valence-corrected chi connectivity index (χ2v) is 8.76. The molecule has 1 aromatic carbocycles. The van der Waals surface area contributed by atoms with Crippen LogP contribution in [0.4, 0.5) is 0 Å². The molecule has 1 aliphatic rings. The number of benzene rings is 1. The number of amidine groups is 1. The summed E-state index contributed by atoms with van der Waals surface area (Å²) in [5.41, 5.74) is 2.30. The number of carbonyl (C=O) groups excluding carboxylic acids is 1. The number of nitrogens with zero attached hydrogens (tertiary/aromatic N) is 3. The highest BCUT2D eigenvalue weighted by Crippen LogP contribution is 2.46. The summed E-state index contributed by atoms with van der Waals surface area (Å²) in [6.45, 7) is 2.16. The van der Waals surface area contributed by atoms with Crippen molar-refractivity contribution in [3.8, 4) is 5.69 Å². The Balaban J connectivity index is 1.81. The number of hydrogen-bond donors (Lipinski definition) is 1. The predicted molar refractivity (Wildman–Crippen MR) is 118 cm³/mol. The molecule has 3 aromatic rings. The molecule has 2 aromatic heterocycles. The van der Waals surface area contributed by atoms with Gasteiger partial charge < -0.3 is 9.47 Å². The van der Waals surface area contributed by atoms with Gasteiger partial charge in [-0.3, -0.25) is 10.2 Å². The third-order valence-electron chi connectivity index (χ3n) is 5.94. The lowest BCUT2D eigenvalue weighted by atomic mass is 9.67. The second-order valence-electron chi connectivity index (χ2n) is 7.85. The van der Waals surface area contributed by atoms with E-state index in [-0.39, 0.29) is 17.2 Å². The molecule has 5 nitrogen and oxygen atoms in total. The molecule has 1 fully saturated rings. The topological polar surface area (TPSA) is 62.0 Å². The van der Waals surface area contributed by atoms with Gasteiger partial charge in [0.15, 0.2) is 0 Å². The Bertz CT molecular complexity index is 1030. The number of imidazole rings is 1. The molecular weight excluding hydrogens is 379 g/mol. The molecule has 1 N–H and O–H groups in total. The van der Waals surface area contributed by atoms with Crippen molar-refractivity contribution in [3.63, 3.8) is 0 Å². The maximum atomic E-state index is 13.6. The molecular formula is C22H23BN4OS. The second kappa shape index (κ2) is 7.63. The number of hydrogen-bond acceptors (Lipinski definition) is 4. The standard InChI is InChI=1S/C22H23BN4OS/c1-22(18-12-16(23)13-29-18)9-3-4-19(24)26(2)21(28)20(22)15-5-7-17(8-6-15)27-11-10-25-14-27/h5-8,10-14,20,24H,3-4,9H2,1-2H3/t20?,22-/m1/s1. The van der Waals surface area contributed by atoms with Crippen LogP contribution >= 0.6 is 11.3 Å². The van der Waals surface area contributed by atoms with Gasteiger partial charge in [-0.15, -0.1) is 11.3 Å². The third kappa shape index (κ3) is 3.55. The van der Waals surface area contributed by atoms with E-state index >= 15 is 0 Å². The number of nitrogens with one attached hydrogen (secondary N) is 1. The van der Waals surface area contributed by atoms with E-state index in [0.717, 1.165) is 34.4 Å². The smallest absolute Gasteiger partial charge is 0.236 e. The molecule has 4 rings (SSSR count). The molecule has 0 saturated carbocycles. The molecule has 146 valence electrons. The van der Waals surface area contributed by atoms with Crippen LogP contribution < -0.4 is 5.46 Å². The van der Waals surface area contributed by atoms with E-state index in [4.69, 9.17) is 13.3 Å². The van der Waals surface area contributed by atoms with Crippen molar-refractivity contribution in [2.45, 2.75) is 37.5 Å². The van der Waals surface area contributed by atoms with E-state index in [1.165, 1.54) is 4.90 Å². The molecule has 7 heteroatoms. The van der Waals surface area contributed by atoms with Crippen LogP contribution in [0.5, 0.6) is 0 Å². The predicted octanol–water partition coefficient (Wildman–Crippen LogP) is 3.39. The highest BCUT2D eigenvalue weighted by Gasteiger charge is 2.45. The van der Waals surface area contributed by atoms with Crippen LogP contribution in [-0.2, 0) is 10.2 Å². The zero-order chi connectivity index (χ0) is 20.6. The summed E-state index contributed by atoms with van der Waals surface area (Å²) in [7, 11) is 7.74. The van der Waals surface area contributed by atoms with Gasteiger partial charge in [-0.05, 0) is 35.9 Å². The zero-order valence-electron chi connectivity index (χ0n) is 16.6. The Kier molecular flexibility index (Phi) is 5.17. The first kappa shape index (κ1) is 19.6. The van der Waals surface area contributed by atoms with E-state index < -0.39 is 0 Å². The molecule has 1 unspecified atom stereocenters. The largest absolute Gasteiger partial charge is 0.306 e. The molecule has 2 radical (unpaired) electrons. The first-order valence-corrected chi connectivity index (χ1v) is 10.6. The van der Waals surface area contributed by atoms with Crippen molar-refractivity contribution in [3.05, 3.63) is 64.9 Å². The molecule has 3 heterocycles. The quantitative estimate of drug-likeness (QED) is 0.683. The summed E-state index contributed by atoms with van der Waals surface area (Å²) in [6, 6.07) is 10.1. The van der Waals surface area contributed by atoms with E-state index in [9.17, 15) is 4.79 Å². The fourth-order valence-electron chi connectivity index (χ4n) is 4.21. The average molecular weight is 402 g/mol. The fraction of sp³-hybridized carbons (Fsp3) is 0.318. The maximum absolute atomic E-state index is 13.6. The van der Waals surface area contributed by atoms with Crippen molar-refractivity contribution < 1.29 is 4.79 Å². The minimum absolute atomic E-state index is 0.0421. The first-order valence-electron chi connectivity index (χ1n) is 9.68. The van der Waals surface area contributed by atoms with Crippen molar-refractivity contribution in [1.82, 2.24) is 14.5 Å². The average Bonchev–Trinajstić information content (AvgIpc) is 3.39. The van der Waals surface area contributed by atoms with Gasteiger partial charge in [0.2, 0.25) is 5.91 Å². The van der Waals surface area contributed by atoms with Crippen molar-refractivity contribution in [2.75, 3.05) is 7.05 Å². The van der Waals surface area contributed by atoms with Gasteiger partial charge in [-0.2, -0.15) is 0 Å². The molecule has 0 bridgehead atoms. The van der Waals surface area contributed by atoms with Gasteiger partial charge in [0.1, 0.15) is 13.7 Å². The lowest BCUT2D eigenvalue weighted by molar-refractivity contribution is -0.130. The number of amides is 1. The highest BCUT2D eigenvalue weighted by atomic mass is 32.1. The van der Waals surface area contributed by atoms with E-state index in [1.807, 2.05) is 46.5 Å². The molecule has 0 aliphatic carbocycles. The van der Waals surface area contributed by atoms with Crippen molar-refractivity contribution in [2.24, 2.45) is 0 Å². The number of likely N-dealkylation sites (tertiary alicyclic amines) is 1. The minimum atomic E-state index is -0.386. The van der Waals surface area contributed by atoms with Crippen LogP contribution in [-0.4, -0.2) is 41.1 Å². The number of carbonyl (C=O) groups is 1. The molecule has 2 atom stereocenters. The minimum Gasteiger partial charge on any atom is -0.306 e. The van der Waals surface area contributed by atoms with Gasteiger partial charge in [0.05, 0.1) is 12.2 Å². The number of thiophene rings is 1. The molecule has 1 amide bonds. The number of aromatic nitrogens is 2. The van der Waals surface area contributed by atoms with Gasteiger partial charge in [0, 0.05) is 41.8 Å². The van der Waals surface area contributed by atoms with Crippen molar-refractivity contribution in [1.29, 1.82) is 5.41 Å². The lowest BCUT2D eigenvalue weighted by Crippen LogP contribution is -2.46. The van der Waals surface area contributed by atoms with Gasteiger partial charge in [-0.25, -0.2) is 4.98 Å². The molecule has 1 saturated heterocycles. The summed E-state index contributed by atoms with van der Waals surface area (Å²) in [6.07, 6.45) is 7.67. The molecule has 29 heavy (non-hydrogen) atoms. The normalized spacial score (nSPS) is 23.1. The van der Waals surface area contributed by atoms with Gasteiger partial charge >= 0.3 is 0 Å². The third-order valence-corrected chi connectivity index (χ3v) is 7.17. The van der Waals surface area contributed by atoms with Crippen LogP contribution in [0, 0.1) is 5.41 Å². The van der Waals surface area contributed by atoms with Crippen molar-refractivity contribution >= 4 is 36.4 Å². The zero-order valence-corrected chi connectivity index (χ0v) is 17.4.